The standard InChI is InChI=1S/2C21H25F/c2*1-2-3-16-4-6-17(7-5-16)18-8-10-19(11-9-18)20-12-14-21(22)15-13-20/h2*8-17H,2-7H2,1H3. The lowest BCUT2D eigenvalue weighted by atomic mass is 9.77. The second-order valence-corrected chi connectivity index (χ2v) is 13.3. The fourth-order valence-electron chi connectivity index (χ4n) is 7.57. The molecular weight excluding hydrogens is 542 g/mol. The Morgan fingerprint density at radius 2 is 0.682 bits per heavy atom. The third kappa shape index (κ3) is 8.90. The van der Waals surface area contributed by atoms with Crippen LogP contribution in [0.5, 0.6) is 0 Å². The first-order chi connectivity index (χ1) is 21.5. The van der Waals surface area contributed by atoms with Gasteiger partial charge in [0.1, 0.15) is 11.6 Å². The molecule has 0 spiro atoms. The van der Waals surface area contributed by atoms with Crippen molar-refractivity contribution in [3.63, 3.8) is 0 Å². The molecule has 2 heteroatoms. The summed E-state index contributed by atoms with van der Waals surface area (Å²) in [5, 5.41) is 0. The van der Waals surface area contributed by atoms with Crippen LogP contribution in [0.15, 0.2) is 97.1 Å². The first-order valence-corrected chi connectivity index (χ1v) is 17.2. The van der Waals surface area contributed by atoms with E-state index in [-0.39, 0.29) is 11.6 Å². The van der Waals surface area contributed by atoms with Crippen molar-refractivity contribution in [2.45, 2.75) is 103 Å². The van der Waals surface area contributed by atoms with Gasteiger partial charge in [0, 0.05) is 0 Å². The molecule has 0 aliphatic heterocycles. The van der Waals surface area contributed by atoms with E-state index >= 15 is 0 Å². The van der Waals surface area contributed by atoms with Gasteiger partial charge in [0.2, 0.25) is 0 Å². The lowest BCUT2D eigenvalue weighted by Gasteiger charge is -2.28. The first kappa shape index (κ1) is 32.1. The summed E-state index contributed by atoms with van der Waals surface area (Å²) in [6.07, 6.45) is 16.3. The molecule has 232 valence electrons. The van der Waals surface area contributed by atoms with Crippen molar-refractivity contribution < 1.29 is 8.78 Å². The maximum atomic E-state index is 13.0. The molecule has 2 saturated carbocycles. The quantitative estimate of drug-likeness (QED) is 0.191. The second kappa shape index (κ2) is 16.2. The average Bonchev–Trinajstić information content (AvgIpc) is 3.07. The molecule has 0 nitrogen and oxygen atoms in total. The Morgan fingerprint density at radius 3 is 0.955 bits per heavy atom. The molecule has 0 aromatic heterocycles. The molecule has 4 aromatic carbocycles. The zero-order valence-electron chi connectivity index (χ0n) is 26.8. The van der Waals surface area contributed by atoms with Crippen molar-refractivity contribution in [2.75, 3.05) is 0 Å². The van der Waals surface area contributed by atoms with Crippen molar-refractivity contribution in [1.82, 2.24) is 0 Å². The lowest BCUT2D eigenvalue weighted by Crippen LogP contribution is -2.13. The zero-order chi connectivity index (χ0) is 30.7. The van der Waals surface area contributed by atoms with Gasteiger partial charge in [-0.1, -0.05) is 112 Å². The fourth-order valence-corrected chi connectivity index (χ4v) is 7.57. The maximum absolute atomic E-state index is 13.0. The van der Waals surface area contributed by atoms with Crippen molar-refractivity contribution in [2.24, 2.45) is 11.8 Å². The molecule has 0 bridgehead atoms. The predicted molar refractivity (Wildman–Crippen MR) is 183 cm³/mol. The largest absolute Gasteiger partial charge is 0.207 e. The van der Waals surface area contributed by atoms with Crippen molar-refractivity contribution in [3.8, 4) is 22.3 Å². The molecule has 2 aliphatic carbocycles. The molecule has 2 aliphatic rings. The molecule has 44 heavy (non-hydrogen) atoms. The Hall–Kier alpha value is -3.26. The first-order valence-electron chi connectivity index (χ1n) is 17.2. The van der Waals surface area contributed by atoms with Gasteiger partial charge in [-0.2, -0.15) is 0 Å². The molecule has 6 rings (SSSR count). The minimum Gasteiger partial charge on any atom is -0.207 e. The summed E-state index contributed by atoms with van der Waals surface area (Å²) in [4.78, 5) is 0. The number of halogens is 2. The van der Waals surface area contributed by atoms with Gasteiger partial charge in [0.05, 0.1) is 0 Å². The van der Waals surface area contributed by atoms with E-state index in [0.29, 0.717) is 0 Å². The monoisotopic (exact) mass is 592 g/mol. The van der Waals surface area contributed by atoms with Crippen LogP contribution in [0.3, 0.4) is 0 Å². The highest BCUT2D eigenvalue weighted by Gasteiger charge is 2.22. The van der Waals surface area contributed by atoms with Crippen LogP contribution in [0.4, 0.5) is 8.78 Å². The van der Waals surface area contributed by atoms with E-state index in [1.807, 2.05) is 24.3 Å². The van der Waals surface area contributed by atoms with Crippen LogP contribution in [0.2, 0.25) is 0 Å². The van der Waals surface area contributed by atoms with Crippen LogP contribution >= 0.6 is 0 Å². The van der Waals surface area contributed by atoms with Gasteiger partial charge in [-0.05, 0) is 133 Å². The Labute approximate surface area is 264 Å². The summed E-state index contributed by atoms with van der Waals surface area (Å²) < 4.78 is 26.0. The Balaban J connectivity index is 0.000000175. The Bertz CT molecular complexity index is 1260. The van der Waals surface area contributed by atoms with E-state index in [4.69, 9.17) is 0 Å². The summed E-state index contributed by atoms with van der Waals surface area (Å²) in [6.45, 7) is 4.58. The molecule has 0 heterocycles. The number of rotatable bonds is 8. The number of hydrogen-bond donors (Lipinski definition) is 0. The molecule has 0 unspecified atom stereocenters. The maximum Gasteiger partial charge on any atom is 0.123 e. The van der Waals surface area contributed by atoms with Crippen LogP contribution < -0.4 is 0 Å². The minimum atomic E-state index is -0.177. The SMILES string of the molecule is CCCC1CCC(c2ccc(-c3ccc(F)cc3)cc2)CC1.CCCC1CCC(c2ccc(-c3ccc(F)cc3)cc2)CC1. The van der Waals surface area contributed by atoms with Crippen LogP contribution in [0, 0.1) is 23.5 Å². The van der Waals surface area contributed by atoms with Crippen molar-refractivity contribution in [1.29, 1.82) is 0 Å². The predicted octanol–water partition coefficient (Wildman–Crippen LogP) is 13.1. The molecule has 0 N–H and O–H groups in total. The van der Waals surface area contributed by atoms with Crippen LogP contribution in [-0.2, 0) is 0 Å². The fraction of sp³-hybridized carbons (Fsp3) is 0.429. The van der Waals surface area contributed by atoms with Gasteiger partial charge in [0.15, 0.2) is 0 Å². The highest BCUT2D eigenvalue weighted by atomic mass is 19.1. The molecule has 0 radical (unpaired) electrons. The van der Waals surface area contributed by atoms with E-state index in [1.54, 1.807) is 0 Å². The lowest BCUT2D eigenvalue weighted by molar-refractivity contribution is 0.308. The van der Waals surface area contributed by atoms with Gasteiger partial charge in [0.25, 0.3) is 0 Å². The Morgan fingerprint density at radius 1 is 0.409 bits per heavy atom. The smallest absolute Gasteiger partial charge is 0.123 e. The summed E-state index contributed by atoms with van der Waals surface area (Å²) in [5.74, 6) is 3.03. The summed E-state index contributed by atoms with van der Waals surface area (Å²) >= 11 is 0. The van der Waals surface area contributed by atoms with Gasteiger partial charge < -0.3 is 0 Å². The highest BCUT2D eigenvalue weighted by Crippen LogP contribution is 2.39. The van der Waals surface area contributed by atoms with E-state index in [0.717, 1.165) is 34.8 Å². The van der Waals surface area contributed by atoms with Crippen molar-refractivity contribution in [3.05, 3.63) is 120 Å². The van der Waals surface area contributed by atoms with E-state index in [2.05, 4.69) is 62.4 Å². The third-order valence-electron chi connectivity index (χ3n) is 10.2. The highest BCUT2D eigenvalue weighted by molar-refractivity contribution is 5.64. The zero-order valence-corrected chi connectivity index (χ0v) is 26.8. The average molecular weight is 593 g/mol. The third-order valence-corrected chi connectivity index (χ3v) is 10.2. The normalized spacial score (nSPS) is 21.7. The Kier molecular flexibility index (Phi) is 11.8. The van der Waals surface area contributed by atoms with Gasteiger partial charge in [-0.25, -0.2) is 8.78 Å². The summed E-state index contributed by atoms with van der Waals surface area (Å²) in [7, 11) is 0. The van der Waals surface area contributed by atoms with Gasteiger partial charge >= 0.3 is 0 Å². The summed E-state index contributed by atoms with van der Waals surface area (Å²) in [5.41, 5.74) is 7.45. The van der Waals surface area contributed by atoms with Crippen molar-refractivity contribution >= 4 is 0 Å². The molecular formula is C42H50F2. The van der Waals surface area contributed by atoms with E-state index < -0.39 is 0 Å². The molecule has 0 atom stereocenters. The topological polar surface area (TPSA) is 0 Å². The molecule has 0 amide bonds. The van der Waals surface area contributed by atoms with E-state index in [9.17, 15) is 8.78 Å². The summed E-state index contributed by atoms with van der Waals surface area (Å²) in [6, 6.07) is 31.3. The minimum absolute atomic E-state index is 0.177. The molecule has 2 fully saturated rings. The van der Waals surface area contributed by atoms with Crippen LogP contribution in [0.25, 0.3) is 22.3 Å². The van der Waals surface area contributed by atoms with Gasteiger partial charge in [-0.15, -0.1) is 0 Å². The second-order valence-electron chi connectivity index (χ2n) is 13.3. The van der Waals surface area contributed by atoms with E-state index in [1.165, 1.54) is 124 Å². The van der Waals surface area contributed by atoms with Crippen LogP contribution in [-0.4, -0.2) is 0 Å². The number of benzene rings is 4. The number of hydrogen-bond acceptors (Lipinski definition) is 0. The molecule has 0 saturated heterocycles. The van der Waals surface area contributed by atoms with Gasteiger partial charge in [-0.3, -0.25) is 0 Å². The molecule has 4 aromatic rings. The van der Waals surface area contributed by atoms with Crippen LogP contribution in [0.1, 0.15) is 114 Å².